The van der Waals surface area contributed by atoms with Crippen LogP contribution < -0.4 is 10.1 Å². The molecule has 4 rings (SSSR count). The van der Waals surface area contributed by atoms with Gasteiger partial charge in [-0.25, -0.2) is 14.6 Å². The predicted molar refractivity (Wildman–Crippen MR) is 106 cm³/mol. The van der Waals surface area contributed by atoms with Crippen molar-refractivity contribution in [1.29, 1.82) is 0 Å². The molecule has 3 aromatic rings. The van der Waals surface area contributed by atoms with E-state index in [2.05, 4.69) is 50.7 Å². The molecule has 142 valence electrons. The van der Waals surface area contributed by atoms with Gasteiger partial charge in [0.2, 0.25) is 0 Å². The Morgan fingerprint density at radius 3 is 2.67 bits per heavy atom. The molecule has 1 aromatic carbocycles. The lowest BCUT2D eigenvalue weighted by molar-refractivity contribution is 0.210. The zero-order valence-electron chi connectivity index (χ0n) is 15.1. The van der Waals surface area contributed by atoms with Gasteiger partial charge in [0.25, 0.3) is 0 Å². The van der Waals surface area contributed by atoms with Crippen LogP contribution >= 0.6 is 12.4 Å². The molecule has 0 saturated heterocycles. The smallest absolute Gasteiger partial charge is 0.155 e. The van der Waals surface area contributed by atoms with Crippen molar-refractivity contribution in [3.05, 3.63) is 66.4 Å². The van der Waals surface area contributed by atoms with Gasteiger partial charge in [0.05, 0.1) is 6.10 Å². The highest BCUT2D eigenvalue weighted by atomic mass is 35.5. The number of pyridine rings is 1. The fourth-order valence-corrected chi connectivity index (χ4v) is 3.26. The lowest BCUT2D eigenvalue weighted by Crippen LogP contribution is -2.14. The van der Waals surface area contributed by atoms with Crippen LogP contribution in [0.1, 0.15) is 36.8 Å². The molecule has 6 nitrogen and oxygen atoms in total. The molecule has 0 bridgehead atoms. The zero-order valence-corrected chi connectivity index (χ0v) is 15.9. The van der Waals surface area contributed by atoms with Crippen molar-refractivity contribution >= 4 is 12.4 Å². The Morgan fingerprint density at radius 1 is 1.07 bits per heavy atom. The fraction of sp³-hybridized carbons (Fsp3) is 0.350. The highest BCUT2D eigenvalue weighted by Crippen LogP contribution is 2.24. The number of nitrogens with zero attached hydrogens (tertiary/aromatic N) is 4. The van der Waals surface area contributed by atoms with Gasteiger partial charge in [0, 0.05) is 19.3 Å². The fourth-order valence-electron chi connectivity index (χ4n) is 3.26. The number of hydrogen-bond donors (Lipinski definition) is 1. The summed E-state index contributed by atoms with van der Waals surface area (Å²) in [7, 11) is 0. The maximum absolute atomic E-state index is 6.08. The Kier molecular flexibility index (Phi) is 6.79. The molecule has 1 fully saturated rings. The van der Waals surface area contributed by atoms with E-state index in [-0.39, 0.29) is 12.4 Å². The van der Waals surface area contributed by atoms with Crippen LogP contribution in [0.25, 0.3) is 5.82 Å². The average Bonchev–Trinajstić information content (AvgIpc) is 3.37. The average molecular weight is 386 g/mol. The van der Waals surface area contributed by atoms with E-state index < -0.39 is 0 Å². The third-order valence-corrected chi connectivity index (χ3v) is 4.62. The Labute approximate surface area is 165 Å². The first-order valence-corrected chi connectivity index (χ1v) is 9.13. The van der Waals surface area contributed by atoms with Gasteiger partial charge in [-0.2, -0.15) is 5.10 Å². The van der Waals surface area contributed by atoms with Crippen LogP contribution in [0.15, 0.2) is 55.2 Å². The SMILES string of the molecule is Cl.c1cc(CNCc2ccc(-n3cncn3)nc2)cc(OC2CCCC2)c1. The molecule has 2 heterocycles. The summed E-state index contributed by atoms with van der Waals surface area (Å²) in [6.07, 6.45) is 10.3. The predicted octanol–water partition coefficient (Wildman–Crippen LogP) is 3.70. The summed E-state index contributed by atoms with van der Waals surface area (Å²) in [6.45, 7) is 1.56. The second-order valence-electron chi connectivity index (χ2n) is 6.64. The van der Waals surface area contributed by atoms with Crippen molar-refractivity contribution in [3.63, 3.8) is 0 Å². The molecule has 1 aliphatic carbocycles. The van der Waals surface area contributed by atoms with Crippen molar-refractivity contribution in [2.24, 2.45) is 0 Å². The number of halogens is 1. The van der Waals surface area contributed by atoms with E-state index in [0.717, 1.165) is 30.2 Å². The van der Waals surface area contributed by atoms with Crippen LogP contribution in [0, 0.1) is 0 Å². The summed E-state index contributed by atoms with van der Waals surface area (Å²) in [5, 5.41) is 7.54. The summed E-state index contributed by atoms with van der Waals surface area (Å²) < 4.78 is 7.72. The molecule has 27 heavy (non-hydrogen) atoms. The maximum atomic E-state index is 6.08. The molecule has 1 aliphatic rings. The molecule has 0 atom stereocenters. The minimum Gasteiger partial charge on any atom is -0.490 e. The molecule has 0 aliphatic heterocycles. The van der Waals surface area contributed by atoms with Crippen molar-refractivity contribution in [2.75, 3.05) is 0 Å². The van der Waals surface area contributed by atoms with E-state index >= 15 is 0 Å². The Morgan fingerprint density at radius 2 is 1.93 bits per heavy atom. The summed E-state index contributed by atoms with van der Waals surface area (Å²) in [6, 6.07) is 12.4. The number of rotatable bonds is 7. The van der Waals surface area contributed by atoms with Gasteiger partial charge in [0.1, 0.15) is 18.4 Å². The van der Waals surface area contributed by atoms with Crippen molar-refractivity contribution in [2.45, 2.75) is 44.9 Å². The van der Waals surface area contributed by atoms with E-state index in [9.17, 15) is 0 Å². The number of aromatic nitrogens is 4. The van der Waals surface area contributed by atoms with E-state index in [1.807, 2.05) is 12.3 Å². The Balaban J connectivity index is 0.00000210. The van der Waals surface area contributed by atoms with Crippen LogP contribution in [-0.4, -0.2) is 25.9 Å². The first-order chi connectivity index (χ1) is 12.9. The molecule has 1 saturated carbocycles. The van der Waals surface area contributed by atoms with Gasteiger partial charge in [-0.1, -0.05) is 18.2 Å². The summed E-state index contributed by atoms with van der Waals surface area (Å²) in [5.74, 6) is 1.75. The second kappa shape index (κ2) is 9.48. The molecular formula is C20H24ClN5O. The second-order valence-corrected chi connectivity index (χ2v) is 6.64. The molecule has 7 heteroatoms. The monoisotopic (exact) mass is 385 g/mol. The largest absolute Gasteiger partial charge is 0.490 e. The first kappa shape index (κ1) is 19.3. The zero-order chi connectivity index (χ0) is 17.6. The first-order valence-electron chi connectivity index (χ1n) is 9.13. The van der Waals surface area contributed by atoms with E-state index in [4.69, 9.17) is 4.74 Å². The van der Waals surface area contributed by atoms with Gasteiger partial charge in [-0.15, -0.1) is 12.4 Å². The number of nitrogens with one attached hydrogen (secondary N) is 1. The Bertz CT molecular complexity index is 817. The van der Waals surface area contributed by atoms with Gasteiger partial charge in [-0.3, -0.25) is 0 Å². The van der Waals surface area contributed by atoms with Crippen molar-refractivity contribution in [1.82, 2.24) is 25.1 Å². The van der Waals surface area contributed by atoms with Crippen molar-refractivity contribution in [3.8, 4) is 11.6 Å². The van der Waals surface area contributed by atoms with E-state index in [1.165, 1.54) is 37.6 Å². The van der Waals surface area contributed by atoms with Gasteiger partial charge in [0.15, 0.2) is 5.82 Å². The van der Waals surface area contributed by atoms with Gasteiger partial charge < -0.3 is 10.1 Å². The maximum Gasteiger partial charge on any atom is 0.155 e. The highest BCUT2D eigenvalue weighted by Gasteiger charge is 2.16. The quantitative estimate of drug-likeness (QED) is 0.671. The summed E-state index contributed by atoms with van der Waals surface area (Å²) in [5.41, 5.74) is 2.36. The van der Waals surface area contributed by atoms with E-state index in [0.29, 0.717) is 6.10 Å². The van der Waals surface area contributed by atoms with Crippen LogP contribution in [-0.2, 0) is 13.1 Å². The van der Waals surface area contributed by atoms with Crippen LogP contribution in [0.3, 0.4) is 0 Å². The van der Waals surface area contributed by atoms with Gasteiger partial charge >= 0.3 is 0 Å². The minimum atomic E-state index is 0. The number of ether oxygens (including phenoxy) is 1. The standard InChI is InChI=1S/C20H23N5O.ClH/c1-2-6-18(5-1)26-19-7-3-4-16(10-19)11-21-12-17-8-9-20(23-13-17)25-15-22-14-24-25;/h3-4,7-10,13-15,18,21H,1-2,5-6,11-12H2;1H. The molecule has 0 unspecified atom stereocenters. The van der Waals surface area contributed by atoms with Gasteiger partial charge in [-0.05, 0) is 55.0 Å². The molecule has 0 spiro atoms. The number of hydrogen-bond acceptors (Lipinski definition) is 5. The lowest BCUT2D eigenvalue weighted by Gasteiger charge is -2.14. The molecule has 2 aromatic heterocycles. The third kappa shape index (κ3) is 5.28. The molecule has 0 amide bonds. The lowest BCUT2D eigenvalue weighted by atomic mass is 10.2. The van der Waals surface area contributed by atoms with Crippen LogP contribution in [0.5, 0.6) is 5.75 Å². The van der Waals surface area contributed by atoms with Crippen molar-refractivity contribution < 1.29 is 4.74 Å². The van der Waals surface area contributed by atoms with Crippen LogP contribution in [0.4, 0.5) is 0 Å². The van der Waals surface area contributed by atoms with E-state index in [1.54, 1.807) is 11.0 Å². The van der Waals surface area contributed by atoms with Crippen LogP contribution in [0.2, 0.25) is 0 Å². The molecule has 1 N–H and O–H groups in total. The highest BCUT2D eigenvalue weighted by molar-refractivity contribution is 5.85. The topological polar surface area (TPSA) is 64.9 Å². The Hall–Kier alpha value is -2.44. The normalized spacial score (nSPS) is 14.1. The minimum absolute atomic E-state index is 0. The number of benzene rings is 1. The summed E-state index contributed by atoms with van der Waals surface area (Å²) in [4.78, 5) is 8.35. The molecule has 0 radical (unpaired) electrons. The summed E-state index contributed by atoms with van der Waals surface area (Å²) >= 11 is 0. The molecular weight excluding hydrogens is 362 g/mol. The third-order valence-electron chi connectivity index (χ3n) is 4.62.